The van der Waals surface area contributed by atoms with Gasteiger partial charge in [-0.15, -0.1) is 6.58 Å². The van der Waals surface area contributed by atoms with Gasteiger partial charge < -0.3 is 19.8 Å². The zero-order valence-corrected chi connectivity index (χ0v) is 19.9. The maximum Gasteiger partial charge on any atom is 0.335 e. The Hall–Kier alpha value is -2.50. The van der Waals surface area contributed by atoms with Crippen molar-refractivity contribution in [1.29, 1.82) is 0 Å². The number of hydrogen-bond donors (Lipinski definition) is 2. The van der Waals surface area contributed by atoms with Crippen LogP contribution in [0, 0.1) is 11.3 Å². The molecule has 1 heterocycles. The zero-order valence-electron chi connectivity index (χ0n) is 19.1. The molecule has 2 aliphatic rings. The Bertz CT molecular complexity index is 1040. The molecule has 0 radical (unpaired) electrons. The van der Waals surface area contributed by atoms with E-state index < -0.39 is 12.1 Å². The first-order valence-corrected chi connectivity index (χ1v) is 12.0. The molecule has 1 aliphatic carbocycles. The van der Waals surface area contributed by atoms with Gasteiger partial charge in [0.25, 0.3) is 0 Å². The van der Waals surface area contributed by atoms with Crippen LogP contribution >= 0.6 is 11.6 Å². The van der Waals surface area contributed by atoms with E-state index in [-0.39, 0.29) is 16.9 Å². The lowest BCUT2D eigenvalue weighted by atomic mass is 9.58. The number of fused-ring (bicyclic) bond motifs is 2. The second-order valence-electron chi connectivity index (χ2n) is 9.51. The Kier molecular flexibility index (Phi) is 7.01. The molecule has 1 fully saturated rings. The van der Waals surface area contributed by atoms with Crippen LogP contribution in [0.3, 0.4) is 0 Å². The predicted octanol–water partition coefficient (Wildman–Crippen LogP) is 5.72. The van der Waals surface area contributed by atoms with Gasteiger partial charge in [0, 0.05) is 23.5 Å². The van der Waals surface area contributed by atoms with Crippen LogP contribution in [0.1, 0.15) is 54.1 Å². The Balaban J connectivity index is 1.67. The van der Waals surface area contributed by atoms with Crippen molar-refractivity contribution in [3.63, 3.8) is 0 Å². The number of rotatable bonds is 5. The number of benzene rings is 2. The van der Waals surface area contributed by atoms with Gasteiger partial charge in [-0.1, -0.05) is 30.7 Å². The Labute approximate surface area is 200 Å². The molecule has 1 aliphatic heterocycles. The summed E-state index contributed by atoms with van der Waals surface area (Å²) in [5.74, 6) is 0.00341. The van der Waals surface area contributed by atoms with Crippen LogP contribution in [0.15, 0.2) is 49.1 Å². The van der Waals surface area contributed by atoms with Gasteiger partial charge in [0.05, 0.1) is 17.4 Å². The van der Waals surface area contributed by atoms with E-state index in [1.54, 1.807) is 24.3 Å². The molecule has 0 unspecified atom stereocenters. The van der Waals surface area contributed by atoms with Gasteiger partial charge in [0.15, 0.2) is 0 Å². The lowest BCUT2D eigenvalue weighted by Crippen LogP contribution is -2.51. The fourth-order valence-electron chi connectivity index (χ4n) is 5.10. The van der Waals surface area contributed by atoms with E-state index in [4.69, 9.17) is 16.3 Å². The molecule has 2 aromatic rings. The van der Waals surface area contributed by atoms with Gasteiger partial charge in [-0.25, -0.2) is 4.79 Å². The molecule has 176 valence electrons. The molecule has 5 nitrogen and oxygen atoms in total. The number of aliphatic hydroxyl groups excluding tert-OH is 1. The number of carbonyl (C=O) groups is 1. The minimum Gasteiger partial charge on any atom is -0.487 e. The molecule has 2 N–H and O–H groups in total. The summed E-state index contributed by atoms with van der Waals surface area (Å²) in [5.41, 5.74) is 3.12. The second-order valence-corrected chi connectivity index (χ2v) is 9.95. The van der Waals surface area contributed by atoms with Crippen molar-refractivity contribution < 1.29 is 19.7 Å². The number of aryl methyl sites for hydroxylation is 1. The fourth-order valence-corrected chi connectivity index (χ4v) is 5.29. The number of anilines is 1. The summed E-state index contributed by atoms with van der Waals surface area (Å²) in [6.45, 7) is 7.82. The zero-order chi connectivity index (χ0) is 23.6. The summed E-state index contributed by atoms with van der Waals surface area (Å²) in [6, 6.07) is 11.0. The van der Waals surface area contributed by atoms with Crippen molar-refractivity contribution in [2.24, 2.45) is 11.3 Å². The minimum absolute atomic E-state index is 0.216. The van der Waals surface area contributed by atoms with E-state index in [0.717, 1.165) is 61.5 Å². The third-order valence-corrected chi connectivity index (χ3v) is 7.76. The Morgan fingerprint density at radius 2 is 2.12 bits per heavy atom. The van der Waals surface area contributed by atoms with Crippen molar-refractivity contribution in [2.45, 2.75) is 51.7 Å². The van der Waals surface area contributed by atoms with Crippen molar-refractivity contribution in [3.05, 3.63) is 70.8 Å². The lowest BCUT2D eigenvalue weighted by molar-refractivity contribution is -0.0464. The van der Waals surface area contributed by atoms with Crippen LogP contribution < -0.4 is 9.64 Å². The molecule has 1 saturated carbocycles. The van der Waals surface area contributed by atoms with Crippen molar-refractivity contribution >= 4 is 23.3 Å². The number of aromatic carboxylic acids is 1. The van der Waals surface area contributed by atoms with Crippen LogP contribution in [-0.2, 0) is 13.0 Å². The van der Waals surface area contributed by atoms with Gasteiger partial charge >= 0.3 is 5.97 Å². The molecule has 4 rings (SSSR count). The summed E-state index contributed by atoms with van der Waals surface area (Å²) in [4.78, 5) is 14.0. The maximum absolute atomic E-state index is 11.7. The molecule has 2 aromatic carbocycles. The minimum atomic E-state index is -0.956. The number of ether oxygens (including phenoxy) is 1. The maximum atomic E-state index is 11.7. The van der Waals surface area contributed by atoms with Crippen LogP contribution in [0.25, 0.3) is 0 Å². The van der Waals surface area contributed by atoms with Gasteiger partial charge in [0.1, 0.15) is 12.4 Å². The van der Waals surface area contributed by atoms with Crippen LogP contribution in [0.5, 0.6) is 5.75 Å². The van der Waals surface area contributed by atoms with E-state index >= 15 is 0 Å². The predicted molar refractivity (Wildman–Crippen MR) is 131 cm³/mol. The average Bonchev–Trinajstić information content (AvgIpc) is 2.83. The summed E-state index contributed by atoms with van der Waals surface area (Å²) < 4.78 is 6.26. The lowest BCUT2D eigenvalue weighted by Gasteiger charge is -2.51. The van der Waals surface area contributed by atoms with E-state index in [1.807, 2.05) is 18.2 Å². The largest absolute Gasteiger partial charge is 0.487 e. The standard InChI is InChI=1S/C27H32ClNO4/c1-3-25(30)27(2)12-11-21(27)16-29-13-5-4-6-18-14-22(28)9-7-20(18)17-33-24-10-8-19(26(31)32)15-23(24)29/h3,7-10,14-15,21,25,30H,1,4-6,11-13,16-17H2,2H3,(H,31,32)/t21-,25+,27+/m1/s1. The Morgan fingerprint density at radius 3 is 2.82 bits per heavy atom. The first-order valence-electron chi connectivity index (χ1n) is 11.6. The number of carboxylic acid groups (broad SMARTS) is 1. The van der Waals surface area contributed by atoms with Crippen LogP contribution in [0.4, 0.5) is 5.69 Å². The Morgan fingerprint density at radius 1 is 1.30 bits per heavy atom. The quantitative estimate of drug-likeness (QED) is 0.548. The van der Waals surface area contributed by atoms with Gasteiger partial charge in [-0.3, -0.25) is 0 Å². The van der Waals surface area contributed by atoms with Gasteiger partial charge in [-0.2, -0.15) is 0 Å². The highest BCUT2D eigenvalue weighted by Gasteiger charge is 2.47. The number of carboxylic acids is 1. The molecule has 0 aromatic heterocycles. The average molecular weight is 470 g/mol. The summed E-state index contributed by atoms with van der Waals surface area (Å²) in [7, 11) is 0. The van der Waals surface area contributed by atoms with Gasteiger partial charge in [-0.05, 0) is 79.5 Å². The molecule has 3 atom stereocenters. The molecule has 33 heavy (non-hydrogen) atoms. The first-order chi connectivity index (χ1) is 15.8. The molecule has 6 heteroatoms. The molecule has 0 saturated heterocycles. The highest BCUT2D eigenvalue weighted by molar-refractivity contribution is 6.30. The number of aliphatic hydroxyl groups is 1. The first kappa shape index (κ1) is 23.7. The van der Waals surface area contributed by atoms with Crippen molar-refractivity contribution in [3.8, 4) is 5.75 Å². The number of hydrogen-bond acceptors (Lipinski definition) is 4. The van der Waals surface area contributed by atoms with E-state index in [2.05, 4.69) is 18.4 Å². The van der Waals surface area contributed by atoms with E-state index in [9.17, 15) is 15.0 Å². The third-order valence-electron chi connectivity index (χ3n) is 7.53. The summed E-state index contributed by atoms with van der Waals surface area (Å²) >= 11 is 6.24. The number of halogens is 1. The second kappa shape index (κ2) is 9.78. The fraction of sp³-hybridized carbons (Fsp3) is 0.444. The van der Waals surface area contributed by atoms with Crippen LogP contribution in [-0.4, -0.2) is 35.4 Å². The highest BCUT2D eigenvalue weighted by Crippen LogP contribution is 2.50. The monoisotopic (exact) mass is 469 g/mol. The SMILES string of the molecule is C=C[C@H](O)[C@@]1(C)CC[C@@H]1CN1CCCCc2cc(Cl)ccc2COc2ccc(C(=O)O)cc21. The van der Waals surface area contributed by atoms with E-state index in [1.165, 1.54) is 5.56 Å². The van der Waals surface area contributed by atoms with Crippen molar-refractivity contribution in [2.75, 3.05) is 18.0 Å². The van der Waals surface area contributed by atoms with Crippen LogP contribution in [0.2, 0.25) is 5.02 Å². The third kappa shape index (κ3) is 4.90. The molecule has 0 spiro atoms. The molecular formula is C27H32ClNO4. The normalized spacial score (nSPS) is 23.7. The summed E-state index contributed by atoms with van der Waals surface area (Å²) in [5, 5.41) is 20.9. The molecule has 0 bridgehead atoms. The van der Waals surface area contributed by atoms with Gasteiger partial charge in [0.2, 0.25) is 0 Å². The highest BCUT2D eigenvalue weighted by atomic mass is 35.5. The summed E-state index contributed by atoms with van der Waals surface area (Å²) in [6.07, 6.45) is 5.91. The van der Waals surface area contributed by atoms with E-state index in [0.29, 0.717) is 12.4 Å². The smallest absolute Gasteiger partial charge is 0.335 e. The number of nitrogens with zero attached hydrogens (tertiary/aromatic N) is 1. The topological polar surface area (TPSA) is 70.0 Å². The molecule has 0 amide bonds. The molecular weight excluding hydrogens is 438 g/mol. The van der Waals surface area contributed by atoms with Crippen molar-refractivity contribution in [1.82, 2.24) is 0 Å².